The molecule has 33 heavy (non-hydrogen) atoms. The smallest absolute Gasteiger partial charge is 0.224 e. The third kappa shape index (κ3) is 5.91. The van der Waals surface area contributed by atoms with Gasteiger partial charge in [0.15, 0.2) is 0 Å². The van der Waals surface area contributed by atoms with Gasteiger partial charge >= 0.3 is 0 Å². The molecule has 2 heterocycles. The lowest BCUT2D eigenvalue weighted by Crippen LogP contribution is -2.49. The van der Waals surface area contributed by atoms with Gasteiger partial charge in [-0.05, 0) is 31.2 Å². The summed E-state index contributed by atoms with van der Waals surface area (Å²) in [6, 6.07) is 17.5. The van der Waals surface area contributed by atoms with Crippen LogP contribution in [0.5, 0.6) is 0 Å². The van der Waals surface area contributed by atoms with Crippen molar-refractivity contribution in [3.05, 3.63) is 72.3 Å². The summed E-state index contributed by atoms with van der Waals surface area (Å²) in [4.78, 5) is 37.8. The standard InChI is InChI=1S/C25H26FN5O2/c1-18-27-22(19-5-3-2-4-6-19)17-23(28-18)30-13-15-31(16-14-30)25(33)12-11-24(32)29-21-9-7-20(26)8-10-21/h2-10,17H,11-16H2,1H3,(H,29,32). The average Bonchev–Trinajstić information content (AvgIpc) is 2.84. The van der Waals surface area contributed by atoms with E-state index in [-0.39, 0.29) is 30.5 Å². The molecular formula is C25H26FN5O2. The number of carbonyl (C=O) groups is 2. The number of benzene rings is 2. The maximum absolute atomic E-state index is 13.0. The van der Waals surface area contributed by atoms with Crippen molar-refractivity contribution in [2.75, 3.05) is 36.4 Å². The first-order chi connectivity index (χ1) is 16.0. The molecule has 0 atom stereocenters. The zero-order chi connectivity index (χ0) is 23.2. The molecule has 0 spiro atoms. The Morgan fingerprint density at radius 3 is 2.33 bits per heavy atom. The SMILES string of the molecule is Cc1nc(-c2ccccc2)cc(N2CCN(C(=O)CCC(=O)Nc3ccc(F)cc3)CC2)n1. The highest BCUT2D eigenvalue weighted by atomic mass is 19.1. The third-order valence-electron chi connectivity index (χ3n) is 5.54. The molecule has 1 aliphatic rings. The summed E-state index contributed by atoms with van der Waals surface area (Å²) < 4.78 is 13.0. The highest BCUT2D eigenvalue weighted by molar-refractivity contribution is 5.93. The zero-order valence-electron chi connectivity index (χ0n) is 18.5. The van der Waals surface area contributed by atoms with Crippen LogP contribution in [0.4, 0.5) is 15.9 Å². The van der Waals surface area contributed by atoms with E-state index in [1.165, 1.54) is 24.3 Å². The number of piperazine rings is 1. The molecule has 0 radical (unpaired) electrons. The number of amides is 2. The normalized spacial score (nSPS) is 13.6. The number of halogens is 1. The van der Waals surface area contributed by atoms with E-state index in [2.05, 4.69) is 20.2 Å². The van der Waals surface area contributed by atoms with Gasteiger partial charge in [0.25, 0.3) is 0 Å². The Morgan fingerprint density at radius 2 is 1.64 bits per heavy atom. The zero-order valence-corrected chi connectivity index (χ0v) is 18.5. The predicted octanol–water partition coefficient (Wildman–Crippen LogP) is 3.66. The van der Waals surface area contributed by atoms with E-state index in [0.29, 0.717) is 37.7 Å². The molecule has 1 fully saturated rings. The number of aromatic nitrogens is 2. The van der Waals surface area contributed by atoms with Gasteiger partial charge in [0, 0.05) is 56.3 Å². The number of nitrogens with zero attached hydrogens (tertiary/aromatic N) is 4. The first kappa shape index (κ1) is 22.4. The van der Waals surface area contributed by atoms with Crippen LogP contribution >= 0.6 is 0 Å². The summed E-state index contributed by atoms with van der Waals surface area (Å²) in [7, 11) is 0. The summed E-state index contributed by atoms with van der Waals surface area (Å²) in [6.45, 7) is 4.35. The van der Waals surface area contributed by atoms with Crippen molar-refractivity contribution < 1.29 is 14.0 Å². The molecule has 0 bridgehead atoms. The van der Waals surface area contributed by atoms with E-state index in [1.807, 2.05) is 43.3 Å². The molecule has 3 aromatic rings. The lowest BCUT2D eigenvalue weighted by Gasteiger charge is -2.35. The number of hydrogen-bond acceptors (Lipinski definition) is 5. The summed E-state index contributed by atoms with van der Waals surface area (Å²) >= 11 is 0. The molecule has 7 nitrogen and oxygen atoms in total. The summed E-state index contributed by atoms with van der Waals surface area (Å²) in [5.74, 6) is 0.881. The Bertz CT molecular complexity index is 1110. The number of nitrogens with one attached hydrogen (secondary N) is 1. The second kappa shape index (κ2) is 10.2. The predicted molar refractivity (Wildman–Crippen MR) is 125 cm³/mol. The fraction of sp³-hybridized carbons (Fsp3) is 0.280. The molecule has 170 valence electrons. The highest BCUT2D eigenvalue weighted by Crippen LogP contribution is 2.23. The van der Waals surface area contributed by atoms with Crippen molar-refractivity contribution in [1.82, 2.24) is 14.9 Å². The second-order valence-corrected chi connectivity index (χ2v) is 7.95. The molecule has 1 saturated heterocycles. The number of hydrogen-bond donors (Lipinski definition) is 1. The van der Waals surface area contributed by atoms with Crippen LogP contribution < -0.4 is 10.2 Å². The fourth-order valence-electron chi connectivity index (χ4n) is 3.79. The van der Waals surface area contributed by atoms with Gasteiger partial charge in [0.1, 0.15) is 17.5 Å². The van der Waals surface area contributed by atoms with Gasteiger partial charge in [-0.1, -0.05) is 30.3 Å². The van der Waals surface area contributed by atoms with Crippen molar-refractivity contribution in [3.8, 4) is 11.3 Å². The number of rotatable bonds is 6. The molecule has 1 aromatic heterocycles. The van der Waals surface area contributed by atoms with Crippen molar-refractivity contribution in [1.29, 1.82) is 0 Å². The van der Waals surface area contributed by atoms with Gasteiger partial charge in [0.2, 0.25) is 11.8 Å². The van der Waals surface area contributed by atoms with Gasteiger partial charge in [-0.15, -0.1) is 0 Å². The van der Waals surface area contributed by atoms with Gasteiger partial charge in [0.05, 0.1) is 5.69 Å². The van der Waals surface area contributed by atoms with Crippen LogP contribution in [0.25, 0.3) is 11.3 Å². The topological polar surface area (TPSA) is 78.4 Å². The minimum absolute atomic E-state index is 0.0484. The van der Waals surface area contributed by atoms with E-state index in [0.717, 1.165) is 17.1 Å². The number of carbonyl (C=O) groups excluding carboxylic acids is 2. The Labute approximate surface area is 192 Å². The van der Waals surface area contributed by atoms with Crippen molar-refractivity contribution in [2.24, 2.45) is 0 Å². The lowest BCUT2D eigenvalue weighted by molar-refractivity contribution is -0.133. The van der Waals surface area contributed by atoms with Crippen LogP contribution in [-0.4, -0.2) is 52.9 Å². The van der Waals surface area contributed by atoms with Gasteiger partial charge in [-0.3, -0.25) is 9.59 Å². The van der Waals surface area contributed by atoms with Gasteiger partial charge in [-0.2, -0.15) is 0 Å². The largest absolute Gasteiger partial charge is 0.353 e. The Balaban J connectivity index is 1.29. The van der Waals surface area contributed by atoms with Gasteiger partial charge in [-0.25, -0.2) is 14.4 Å². The first-order valence-electron chi connectivity index (χ1n) is 11.0. The fourth-order valence-corrected chi connectivity index (χ4v) is 3.79. The monoisotopic (exact) mass is 447 g/mol. The minimum Gasteiger partial charge on any atom is -0.353 e. The lowest BCUT2D eigenvalue weighted by atomic mass is 10.1. The van der Waals surface area contributed by atoms with Crippen LogP contribution in [0.2, 0.25) is 0 Å². The van der Waals surface area contributed by atoms with Crippen LogP contribution in [-0.2, 0) is 9.59 Å². The van der Waals surface area contributed by atoms with Crippen LogP contribution in [0, 0.1) is 12.7 Å². The first-order valence-corrected chi connectivity index (χ1v) is 11.0. The average molecular weight is 448 g/mol. The number of aryl methyl sites for hydroxylation is 1. The summed E-state index contributed by atoms with van der Waals surface area (Å²) in [5.41, 5.74) is 2.43. The van der Waals surface area contributed by atoms with E-state index in [4.69, 9.17) is 0 Å². The third-order valence-corrected chi connectivity index (χ3v) is 5.54. The van der Waals surface area contributed by atoms with Crippen LogP contribution in [0.3, 0.4) is 0 Å². The maximum Gasteiger partial charge on any atom is 0.224 e. The molecule has 2 aromatic carbocycles. The molecule has 0 aliphatic carbocycles. The second-order valence-electron chi connectivity index (χ2n) is 7.95. The minimum atomic E-state index is -0.365. The van der Waals surface area contributed by atoms with Crippen LogP contribution in [0.1, 0.15) is 18.7 Å². The number of anilines is 2. The Kier molecular flexibility index (Phi) is 6.92. The summed E-state index contributed by atoms with van der Waals surface area (Å²) in [6.07, 6.45) is 0.222. The highest BCUT2D eigenvalue weighted by Gasteiger charge is 2.23. The van der Waals surface area contributed by atoms with E-state index in [9.17, 15) is 14.0 Å². The van der Waals surface area contributed by atoms with Crippen molar-refractivity contribution >= 4 is 23.3 Å². The van der Waals surface area contributed by atoms with E-state index >= 15 is 0 Å². The maximum atomic E-state index is 13.0. The molecule has 8 heteroatoms. The quantitative estimate of drug-likeness (QED) is 0.624. The molecule has 0 unspecified atom stereocenters. The molecular weight excluding hydrogens is 421 g/mol. The molecule has 4 rings (SSSR count). The van der Waals surface area contributed by atoms with E-state index < -0.39 is 0 Å². The Hall–Kier alpha value is -3.81. The Morgan fingerprint density at radius 1 is 0.939 bits per heavy atom. The van der Waals surface area contributed by atoms with E-state index in [1.54, 1.807) is 4.90 Å². The molecule has 0 saturated carbocycles. The summed E-state index contributed by atoms with van der Waals surface area (Å²) in [5, 5.41) is 2.68. The molecule has 1 aliphatic heterocycles. The van der Waals surface area contributed by atoms with Crippen molar-refractivity contribution in [3.63, 3.8) is 0 Å². The molecule has 2 amide bonds. The van der Waals surface area contributed by atoms with Gasteiger partial charge < -0.3 is 15.1 Å². The van der Waals surface area contributed by atoms with Crippen LogP contribution in [0.15, 0.2) is 60.7 Å². The van der Waals surface area contributed by atoms with Crippen molar-refractivity contribution in [2.45, 2.75) is 19.8 Å². The molecule has 1 N–H and O–H groups in total.